The molecule has 1 fully saturated rings. The molecule has 106 valence electrons. The van der Waals surface area contributed by atoms with E-state index in [2.05, 4.69) is 5.32 Å². The molecule has 0 spiro atoms. The summed E-state index contributed by atoms with van der Waals surface area (Å²) in [6.07, 6.45) is 1.52. The molecule has 7 heteroatoms. The van der Waals surface area contributed by atoms with Crippen molar-refractivity contribution in [2.75, 3.05) is 20.2 Å². The van der Waals surface area contributed by atoms with Crippen LogP contribution in [0.25, 0.3) is 0 Å². The fraction of sp³-hybridized carbons (Fsp3) is 0.750. The van der Waals surface area contributed by atoms with Crippen LogP contribution in [0.2, 0.25) is 0 Å². The molecule has 0 radical (unpaired) electrons. The van der Waals surface area contributed by atoms with Gasteiger partial charge in [0.15, 0.2) is 0 Å². The lowest BCUT2D eigenvalue weighted by Gasteiger charge is -2.23. The quantitative estimate of drug-likeness (QED) is 0.670. The Labute approximate surface area is 112 Å². The SMILES string of the molecule is COC(CNC(=O)N(CCC#N)C1CC1)CC(=O)O. The number of methoxy groups -OCH3 is 1. The van der Waals surface area contributed by atoms with Crippen molar-refractivity contribution >= 4 is 12.0 Å². The van der Waals surface area contributed by atoms with Crippen LogP contribution >= 0.6 is 0 Å². The number of urea groups is 1. The minimum Gasteiger partial charge on any atom is -0.481 e. The van der Waals surface area contributed by atoms with Gasteiger partial charge in [-0.25, -0.2) is 4.79 Å². The van der Waals surface area contributed by atoms with Crippen LogP contribution in [0.4, 0.5) is 4.79 Å². The number of nitriles is 1. The summed E-state index contributed by atoms with van der Waals surface area (Å²) in [4.78, 5) is 24.1. The van der Waals surface area contributed by atoms with E-state index in [1.54, 1.807) is 4.90 Å². The van der Waals surface area contributed by atoms with Gasteiger partial charge in [0.2, 0.25) is 0 Å². The van der Waals surface area contributed by atoms with E-state index in [1.807, 2.05) is 6.07 Å². The molecule has 1 rings (SSSR count). The van der Waals surface area contributed by atoms with E-state index in [-0.39, 0.29) is 25.0 Å². The summed E-state index contributed by atoms with van der Waals surface area (Å²) in [6, 6.07) is 1.97. The first-order valence-corrected chi connectivity index (χ1v) is 6.24. The Hall–Kier alpha value is -1.81. The molecule has 7 nitrogen and oxygen atoms in total. The number of hydrogen-bond donors (Lipinski definition) is 2. The molecular weight excluding hydrogens is 250 g/mol. The molecule has 1 aliphatic carbocycles. The lowest BCUT2D eigenvalue weighted by Crippen LogP contribution is -2.45. The zero-order chi connectivity index (χ0) is 14.3. The summed E-state index contributed by atoms with van der Waals surface area (Å²) in [6.45, 7) is 0.557. The molecule has 2 N–H and O–H groups in total. The highest BCUT2D eigenvalue weighted by Gasteiger charge is 2.32. The van der Waals surface area contributed by atoms with Crippen LogP contribution in [0.5, 0.6) is 0 Å². The van der Waals surface area contributed by atoms with Crippen LogP contribution in [0, 0.1) is 11.3 Å². The predicted molar refractivity (Wildman–Crippen MR) is 66.4 cm³/mol. The van der Waals surface area contributed by atoms with Crippen LogP contribution in [0.15, 0.2) is 0 Å². The second-order valence-electron chi connectivity index (χ2n) is 4.47. The van der Waals surface area contributed by atoms with Crippen LogP contribution < -0.4 is 5.32 Å². The number of carboxylic acid groups (broad SMARTS) is 1. The van der Waals surface area contributed by atoms with Gasteiger partial charge >= 0.3 is 12.0 Å². The minimum absolute atomic E-state index is 0.150. The van der Waals surface area contributed by atoms with E-state index in [0.717, 1.165) is 12.8 Å². The summed E-state index contributed by atoms with van der Waals surface area (Å²) in [5.41, 5.74) is 0. The van der Waals surface area contributed by atoms with Crippen molar-refractivity contribution in [1.82, 2.24) is 10.2 Å². The Kier molecular flexibility index (Phi) is 6.09. The van der Waals surface area contributed by atoms with Crippen molar-refractivity contribution in [3.05, 3.63) is 0 Å². The van der Waals surface area contributed by atoms with E-state index in [0.29, 0.717) is 13.0 Å². The molecule has 0 aliphatic heterocycles. The van der Waals surface area contributed by atoms with Crippen molar-refractivity contribution in [3.63, 3.8) is 0 Å². The van der Waals surface area contributed by atoms with Gasteiger partial charge in [0.25, 0.3) is 0 Å². The Balaban J connectivity index is 2.38. The summed E-state index contributed by atoms with van der Waals surface area (Å²) in [5.74, 6) is -0.968. The molecule has 1 unspecified atom stereocenters. The number of nitrogens with one attached hydrogen (secondary N) is 1. The monoisotopic (exact) mass is 269 g/mol. The first-order valence-electron chi connectivity index (χ1n) is 6.24. The van der Waals surface area contributed by atoms with E-state index >= 15 is 0 Å². The highest BCUT2D eigenvalue weighted by atomic mass is 16.5. The summed E-state index contributed by atoms with van der Waals surface area (Å²) in [7, 11) is 1.41. The van der Waals surface area contributed by atoms with E-state index in [9.17, 15) is 9.59 Å². The Morgan fingerprint density at radius 1 is 1.58 bits per heavy atom. The Morgan fingerprint density at radius 2 is 2.26 bits per heavy atom. The predicted octanol–water partition coefficient (Wildman–Crippen LogP) is 0.564. The van der Waals surface area contributed by atoms with Crippen LogP contribution in [-0.4, -0.2) is 54.4 Å². The average Bonchev–Trinajstić information content (AvgIpc) is 3.19. The third-order valence-corrected chi connectivity index (χ3v) is 2.93. The molecule has 0 aromatic heterocycles. The standard InChI is InChI=1S/C12H19N3O4/c1-19-10(7-11(16)17)8-14-12(18)15(6-2-5-13)9-3-4-9/h9-10H,2-4,6-8H2,1H3,(H,14,18)(H,16,17). The summed E-state index contributed by atoms with van der Waals surface area (Å²) in [5, 5.41) is 19.9. The van der Waals surface area contributed by atoms with Crippen molar-refractivity contribution in [3.8, 4) is 6.07 Å². The molecule has 0 heterocycles. The zero-order valence-corrected chi connectivity index (χ0v) is 11.0. The van der Waals surface area contributed by atoms with Crippen molar-refractivity contribution in [2.24, 2.45) is 0 Å². The van der Waals surface area contributed by atoms with Gasteiger partial charge in [-0.2, -0.15) is 5.26 Å². The van der Waals surface area contributed by atoms with Gasteiger partial charge in [0.1, 0.15) is 0 Å². The molecular formula is C12H19N3O4. The number of amides is 2. The second-order valence-corrected chi connectivity index (χ2v) is 4.47. The van der Waals surface area contributed by atoms with Gasteiger partial charge in [-0.15, -0.1) is 0 Å². The van der Waals surface area contributed by atoms with Gasteiger partial charge in [-0.1, -0.05) is 0 Å². The van der Waals surface area contributed by atoms with Crippen molar-refractivity contribution in [2.45, 2.75) is 37.8 Å². The minimum atomic E-state index is -0.968. The Bertz CT molecular complexity index is 362. The molecule has 2 amide bonds. The molecule has 1 aliphatic rings. The third kappa shape index (κ3) is 5.57. The number of carbonyl (C=O) groups excluding carboxylic acids is 1. The average molecular weight is 269 g/mol. The number of rotatable bonds is 8. The molecule has 0 aromatic rings. The van der Waals surface area contributed by atoms with Crippen molar-refractivity contribution in [1.29, 1.82) is 5.26 Å². The second kappa shape index (κ2) is 7.59. The van der Waals surface area contributed by atoms with Crippen LogP contribution in [-0.2, 0) is 9.53 Å². The lowest BCUT2D eigenvalue weighted by atomic mass is 10.2. The maximum absolute atomic E-state index is 11.9. The first kappa shape index (κ1) is 15.2. The highest BCUT2D eigenvalue weighted by molar-refractivity contribution is 5.75. The number of nitrogens with zero attached hydrogens (tertiary/aromatic N) is 2. The van der Waals surface area contributed by atoms with Crippen molar-refractivity contribution < 1.29 is 19.4 Å². The topological polar surface area (TPSA) is 103 Å². The van der Waals surface area contributed by atoms with E-state index in [4.69, 9.17) is 15.1 Å². The molecule has 1 atom stereocenters. The number of hydrogen-bond acceptors (Lipinski definition) is 4. The van der Waals surface area contributed by atoms with Gasteiger partial charge in [0, 0.05) is 26.2 Å². The van der Waals surface area contributed by atoms with E-state index in [1.165, 1.54) is 7.11 Å². The Morgan fingerprint density at radius 3 is 2.74 bits per heavy atom. The first-order chi connectivity index (χ1) is 9.08. The summed E-state index contributed by atoms with van der Waals surface area (Å²) >= 11 is 0. The van der Waals surface area contributed by atoms with Gasteiger partial charge in [0.05, 0.1) is 25.0 Å². The smallest absolute Gasteiger partial charge is 0.317 e. The molecule has 0 bridgehead atoms. The van der Waals surface area contributed by atoms with Gasteiger partial charge < -0.3 is 20.1 Å². The van der Waals surface area contributed by atoms with E-state index < -0.39 is 12.1 Å². The highest BCUT2D eigenvalue weighted by Crippen LogP contribution is 2.26. The fourth-order valence-corrected chi connectivity index (χ4v) is 1.74. The normalized spacial score (nSPS) is 15.4. The molecule has 0 saturated heterocycles. The largest absolute Gasteiger partial charge is 0.481 e. The fourth-order valence-electron chi connectivity index (χ4n) is 1.74. The number of carbonyl (C=O) groups is 2. The van der Waals surface area contributed by atoms with Gasteiger partial charge in [-0.05, 0) is 12.8 Å². The number of carboxylic acids is 1. The molecule has 0 aromatic carbocycles. The third-order valence-electron chi connectivity index (χ3n) is 2.93. The van der Waals surface area contributed by atoms with Crippen LogP contribution in [0.3, 0.4) is 0 Å². The maximum atomic E-state index is 11.9. The molecule has 1 saturated carbocycles. The van der Waals surface area contributed by atoms with Gasteiger partial charge in [-0.3, -0.25) is 4.79 Å². The number of aliphatic carboxylic acids is 1. The summed E-state index contributed by atoms with van der Waals surface area (Å²) < 4.78 is 4.98. The van der Waals surface area contributed by atoms with Crippen LogP contribution in [0.1, 0.15) is 25.7 Å². The lowest BCUT2D eigenvalue weighted by molar-refractivity contribution is -0.139. The zero-order valence-electron chi connectivity index (χ0n) is 11.0. The molecule has 19 heavy (non-hydrogen) atoms. The number of ether oxygens (including phenoxy) is 1. The maximum Gasteiger partial charge on any atom is 0.317 e.